The molecule has 0 aromatic carbocycles. The zero-order valence-corrected chi connectivity index (χ0v) is 18.5. The van der Waals surface area contributed by atoms with Gasteiger partial charge in [-0.15, -0.1) is 0 Å². The largest absolute Gasteiger partial charge is 0.498 e. The molecule has 0 spiro atoms. The Balaban J connectivity index is 1.56. The Morgan fingerprint density at radius 2 is 1.79 bits per heavy atom. The summed E-state index contributed by atoms with van der Waals surface area (Å²) in [6.07, 6.45) is 4.80. The summed E-state index contributed by atoms with van der Waals surface area (Å²) >= 11 is 0. The lowest BCUT2D eigenvalue weighted by Gasteiger charge is -2.32. The summed E-state index contributed by atoms with van der Waals surface area (Å²) in [4.78, 5) is 22.7. The molecule has 2 aliphatic heterocycles. The number of carbonyl (C=O) groups excluding carboxylic acids is 1. The van der Waals surface area contributed by atoms with Crippen LogP contribution in [0.25, 0.3) is 0 Å². The molecular weight excluding hydrogens is 373 g/mol. The predicted molar refractivity (Wildman–Crippen MR) is 109 cm³/mol. The highest BCUT2D eigenvalue weighted by Crippen LogP contribution is 2.36. The molecule has 3 rings (SSSR count). The van der Waals surface area contributed by atoms with Crippen molar-refractivity contribution >= 4 is 18.7 Å². The van der Waals surface area contributed by atoms with Crippen molar-refractivity contribution in [2.24, 2.45) is 0 Å². The van der Waals surface area contributed by atoms with Crippen molar-refractivity contribution in [2.75, 3.05) is 13.2 Å². The first-order valence-electron chi connectivity index (χ1n) is 10.2. The second-order valence-electron chi connectivity index (χ2n) is 9.67. The number of hydrogen-bond donors (Lipinski definition) is 0. The minimum atomic E-state index is -0.516. The molecule has 1 aromatic heterocycles. The second-order valence-corrected chi connectivity index (χ2v) is 9.67. The fraction of sp³-hybridized carbons (Fsp3) is 0.750. The number of rotatable bonds is 4. The maximum absolute atomic E-state index is 12.4. The number of carbonyl (C=O) groups is 1. The zero-order chi connectivity index (χ0) is 21.4. The average molecular weight is 405 g/mol. The number of amides is 1. The SMILES string of the molecule is CC(C)(C)OC(=O)N1CCCC1COc1ncc(B2OC(C)(C)C(C)(C)O2)cn1. The van der Waals surface area contributed by atoms with E-state index >= 15 is 0 Å². The van der Waals surface area contributed by atoms with E-state index in [0.29, 0.717) is 13.2 Å². The van der Waals surface area contributed by atoms with Crippen LogP contribution in [0.5, 0.6) is 6.01 Å². The highest BCUT2D eigenvalue weighted by molar-refractivity contribution is 6.61. The van der Waals surface area contributed by atoms with E-state index < -0.39 is 23.9 Å². The summed E-state index contributed by atoms with van der Waals surface area (Å²) in [6.45, 7) is 14.6. The Kier molecular flexibility index (Phi) is 5.84. The molecular formula is C20H32BN3O5. The van der Waals surface area contributed by atoms with Gasteiger partial charge in [0.25, 0.3) is 0 Å². The van der Waals surface area contributed by atoms with Crippen LogP contribution in [0.4, 0.5) is 4.79 Å². The number of ether oxygens (including phenoxy) is 2. The average Bonchev–Trinajstić information content (AvgIpc) is 3.14. The molecule has 3 heterocycles. The normalized spacial score (nSPS) is 23.3. The van der Waals surface area contributed by atoms with Gasteiger partial charge in [-0.1, -0.05) is 0 Å². The van der Waals surface area contributed by atoms with E-state index in [1.165, 1.54) is 0 Å². The van der Waals surface area contributed by atoms with Gasteiger partial charge in [-0.2, -0.15) is 0 Å². The second kappa shape index (κ2) is 7.76. The lowest BCUT2D eigenvalue weighted by molar-refractivity contribution is 0.00578. The molecule has 2 fully saturated rings. The lowest BCUT2D eigenvalue weighted by Crippen LogP contribution is -2.42. The van der Waals surface area contributed by atoms with Gasteiger partial charge >= 0.3 is 19.2 Å². The molecule has 1 amide bonds. The van der Waals surface area contributed by atoms with Crippen LogP contribution in [-0.2, 0) is 14.0 Å². The summed E-state index contributed by atoms with van der Waals surface area (Å²) in [5.74, 6) is 0. The van der Waals surface area contributed by atoms with Crippen LogP contribution in [-0.4, -0.2) is 64.1 Å². The minimum absolute atomic E-state index is 0.0452. The van der Waals surface area contributed by atoms with Crippen LogP contribution in [0.3, 0.4) is 0 Å². The highest BCUT2D eigenvalue weighted by Gasteiger charge is 2.52. The van der Waals surface area contributed by atoms with Crippen molar-refractivity contribution in [1.29, 1.82) is 0 Å². The van der Waals surface area contributed by atoms with Gasteiger partial charge in [-0.05, 0) is 61.3 Å². The van der Waals surface area contributed by atoms with E-state index in [9.17, 15) is 4.79 Å². The highest BCUT2D eigenvalue weighted by atomic mass is 16.7. The quantitative estimate of drug-likeness (QED) is 0.712. The fourth-order valence-electron chi connectivity index (χ4n) is 3.24. The molecule has 2 saturated heterocycles. The van der Waals surface area contributed by atoms with Gasteiger partial charge in [0.1, 0.15) is 12.2 Å². The van der Waals surface area contributed by atoms with Crippen molar-refractivity contribution in [3.8, 4) is 6.01 Å². The summed E-state index contributed by atoms with van der Waals surface area (Å²) in [5.41, 5.74) is -0.606. The summed E-state index contributed by atoms with van der Waals surface area (Å²) in [7, 11) is -0.508. The third kappa shape index (κ3) is 5.01. The molecule has 0 N–H and O–H groups in total. The van der Waals surface area contributed by atoms with Crippen molar-refractivity contribution in [3.05, 3.63) is 12.4 Å². The van der Waals surface area contributed by atoms with E-state index in [1.807, 2.05) is 48.5 Å². The van der Waals surface area contributed by atoms with E-state index in [1.54, 1.807) is 17.3 Å². The summed E-state index contributed by atoms with van der Waals surface area (Å²) in [6, 6.07) is 0.220. The molecule has 29 heavy (non-hydrogen) atoms. The minimum Gasteiger partial charge on any atom is -0.461 e. The Morgan fingerprint density at radius 3 is 2.34 bits per heavy atom. The maximum Gasteiger partial charge on any atom is 0.498 e. The van der Waals surface area contributed by atoms with Crippen molar-refractivity contribution < 1.29 is 23.6 Å². The summed E-state index contributed by atoms with van der Waals surface area (Å²) in [5, 5.41) is 0. The van der Waals surface area contributed by atoms with Gasteiger partial charge in [0.15, 0.2) is 0 Å². The van der Waals surface area contributed by atoms with Crippen LogP contribution in [0.1, 0.15) is 61.3 Å². The van der Waals surface area contributed by atoms with E-state index in [-0.39, 0.29) is 18.1 Å². The Bertz CT molecular complexity index is 717. The first-order valence-corrected chi connectivity index (χ1v) is 10.2. The third-order valence-electron chi connectivity index (χ3n) is 5.58. The topological polar surface area (TPSA) is 83.0 Å². The predicted octanol–water partition coefficient (Wildman–Crippen LogP) is 2.55. The molecule has 0 radical (unpaired) electrons. The van der Waals surface area contributed by atoms with Crippen LogP contribution >= 0.6 is 0 Å². The first-order chi connectivity index (χ1) is 13.4. The van der Waals surface area contributed by atoms with Gasteiger partial charge < -0.3 is 23.7 Å². The van der Waals surface area contributed by atoms with E-state index in [0.717, 1.165) is 18.3 Å². The van der Waals surface area contributed by atoms with Gasteiger partial charge in [0.05, 0.1) is 17.2 Å². The standard InChI is InChI=1S/C20H32BN3O5/c1-18(2,3)27-17(25)24-10-8-9-15(24)13-26-16-22-11-14(12-23-16)21-28-19(4,5)20(6,7)29-21/h11-12,15H,8-10,13H2,1-7H3. The van der Waals surface area contributed by atoms with Gasteiger partial charge in [-0.3, -0.25) is 0 Å². The monoisotopic (exact) mass is 405 g/mol. The molecule has 8 nitrogen and oxygen atoms in total. The van der Waals surface area contributed by atoms with Crippen LogP contribution < -0.4 is 10.2 Å². The van der Waals surface area contributed by atoms with Crippen LogP contribution in [0.2, 0.25) is 0 Å². The molecule has 2 aliphatic rings. The van der Waals surface area contributed by atoms with Gasteiger partial charge in [0, 0.05) is 24.4 Å². The molecule has 1 aromatic rings. The van der Waals surface area contributed by atoms with Crippen LogP contribution in [0.15, 0.2) is 12.4 Å². The number of nitrogens with zero attached hydrogens (tertiary/aromatic N) is 3. The van der Waals surface area contributed by atoms with Gasteiger partial charge in [0.2, 0.25) is 0 Å². The molecule has 9 heteroatoms. The molecule has 0 bridgehead atoms. The molecule has 1 unspecified atom stereocenters. The molecule has 160 valence electrons. The van der Waals surface area contributed by atoms with E-state index in [2.05, 4.69) is 9.97 Å². The first kappa shape index (κ1) is 21.8. The Morgan fingerprint density at radius 1 is 1.21 bits per heavy atom. The fourth-order valence-corrected chi connectivity index (χ4v) is 3.24. The third-order valence-corrected chi connectivity index (χ3v) is 5.58. The van der Waals surface area contributed by atoms with Gasteiger partial charge in [-0.25, -0.2) is 14.8 Å². The number of likely N-dealkylation sites (tertiary alicyclic amines) is 1. The summed E-state index contributed by atoms with van der Waals surface area (Å²) < 4.78 is 23.2. The molecule has 1 atom stereocenters. The van der Waals surface area contributed by atoms with Crippen molar-refractivity contribution in [3.63, 3.8) is 0 Å². The zero-order valence-electron chi connectivity index (χ0n) is 18.5. The van der Waals surface area contributed by atoms with Crippen molar-refractivity contribution in [1.82, 2.24) is 14.9 Å². The Hall–Kier alpha value is -1.87. The maximum atomic E-state index is 12.4. The molecule has 0 aliphatic carbocycles. The smallest absolute Gasteiger partial charge is 0.461 e. The lowest BCUT2D eigenvalue weighted by atomic mass is 9.81. The Labute approximate surface area is 173 Å². The van der Waals surface area contributed by atoms with Crippen molar-refractivity contribution in [2.45, 2.75) is 84.2 Å². The van der Waals surface area contributed by atoms with E-state index in [4.69, 9.17) is 18.8 Å². The molecule has 0 saturated carbocycles. The van der Waals surface area contributed by atoms with Crippen LogP contribution in [0, 0.1) is 0 Å². The number of hydrogen-bond acceptors (Lipinski definition) is 7. The number of aromatic nitrogens is 2.